The third-order valence-electron chi connectivity index (χ3n) is 3.62. The predicted octanol–water partition coefficient (Wildman–Crippen LogP) is 1.33. The number of hydrogen-bond acceptors (Lipinski definition) is 5. The summed E-state index contributed by atoms with van der Waals surface area (Å²) in [4.78, 5) is 16.3. The summed E-state index contributed by atoms with van der Waals surface area (Å²) in [5.41, 5.74) is 0.115. The maximum Gasteiger partial charge on any atom is 0.283 e. The molecule has 0 radical (unpaired) electrons. The Bertz CT molecular complexity index is 793. The Balaban J connectivity index is 1.81. The summed E-state index contributed by atoms with van der Waals surface area (Å²) in [6.45, 7) is 0.987. The molecule has 1 saturated heterocycles. The fraction of sp³-hybridized carbons (Fsp3) is 0.333. The number of rotatable bonds is 4. The number of amides is 1. The highest BCUT2D eigenvalue weighted by atomic mass is 32.2. The Labute approximate surface area is 128 Å². The van der Waals surface area contributed by atoms with Crippen molar-refractivity contribution in [2.24, 2.45) is 5.92 Å². The van der Waals surface area contributed by atoms with Crippen LogP contribution >= 0.6 is 0 Å². The van der Waals surface area contributed by atoms with Crippen molar-refractivity contribution in [1.29, 1.82) is 0 Å². The summed E-state index contributed by atoms with van der Waals surface area (Å²) < 4.78 is 31.4. The first-order valence-corrected chi connectivity index (χ1v) is 8.67. The van der Waals surface area contributed by atoms with Crippen molar-refractivity contribution >= 4 is 26.7 Å². The SMILES string of the molecule is O=C(NS(=O)(=O)C[C@@H]1CCOC1)c1nccc2ccccc12. The van der Waals surface area contributed by atoms with Crippen LogP contribution in [0.4, 0.5) is 0 Å². The van der Waals surface area contributed by atoms with Crippen LogP contribution < -0.4 is 4.72 Å². The van der Waals surface area contributed by atoms with Crippen molar-refractivity contribution in [3.8, 4) is 0 Å². The van der Waals surface area contributed by atoms with E-state index < -0.39 is 15.9 Å². The lowest BCUT2D eigenvalue weighted by Gasteiger charge is -2.10. The first kappa shape index (κ1) is 14.9. The fourth-order valence-electron chi connectivity index (χ4n) is 2.56. The summed E-state index contributed by atoms with van der Waals surface area (Å²) in [5, 5.41) is 1.46. The van der Waals surface area contributed by atoms with Gasteiger partial charge in [0.1, 0.15) is 5.69 Å². The molecule has 0 unspecified atom stereocenters. The number of carbonyl (C=O) groups is 1. The van der Waals surface area contributed by atoms with Gasteiger partial charge in [-0.1, -0.05) is 24.3 Å². The zero-order valence-corrected chi connectivity index (χ0v) is 12.7. The molecule has 2 aromatic rings. The predicted molar refractivity (Wildman–Crippen MR) is 81.9 cm³/mol. The van der Waals surface area contributed by atoms with E-state index in [9.17, 15) is 13.2 Å². The van der Waals surface area contributed by atoms with E-state index in [0.717, 1.165) is 5.39 Å². The number of aromatic nitrogens is 1. The number of ether oxygens (including phenoxy) is 1. The third kappa shape index (κ3) is 3.26. The molecule has 0 aliphatic carbocycles. The van der Waals surface area contributed by atoms with Gasteiger partial charge in [-0.05, 0) is 17.9 Å². The van der Waals surface area contributed by atoms with Crippen molar-refractivity contribution in [2.45, 2.75) is 6.42 Å². The minimum Gasteiger partial charge on any atom is -0.381 e. The Morgan fingerprint density at radius 2 is 2.14 bits per heavy atom. The first-order valence-electron chi connectivity index (χ1n) is 7.01. The standard InChI is InChI=1S/C15H16N2O4S/c18-15(17-22(19,20)10-11-6-8-21-9-11)14-13-4-2-1-3-12(13)5-7-16-14/h1-5,7,11H,6,8-10H2,(H,17,18)/t11-/m1/s1. The maximum atomic E-state index is 12.3. The highest BCUT2D eigenvalue weighted by Crippen LogP contribution is 2.17. The summed E-state index contributed by atoms with van der Waals surface area (Å²) >= 11 is 0. The Morgan fingerprint density at radius 1 is 1.32 bits per heavy atom. The van der Waals surface area contributed by atoms with E-state index in [1.807, 2.05) is 12.1 Å². The molecule has 1 amide bonds. The minimum atomic E-state index is -3.70. The summed E-state index contributed by atoms with van der Waals surface area (Å²) in [6, 6.07) is 9.00. The van der Waals surface area contributed by atoms with Gasteiger partial charge in [0.15, 0.2) is 0 Å². The van der Waals surface area contributed by atoms with Gasteiger partial charge in [0.25, 0.3) is 5.91 Å². The number of nitrogens with one attached hydrogen (secondary N) is 1. The molecule has 1 aromatic carbocycles. The average Bonchev–Trinajstić information content (AvgIpc) is 2.98. The lowest BCUT2D eigenvalue weighted by molar-refractivity contribution is 0.0978. The second-order valence-electron chi connectivity index (χ2n) is 5.32. The molecule has 1 fully saturated rings. The normalized spacial score (nSPS) is 18.5. The Morgan fingerprint density at radius 3 is 2.91 bits per heavy atom. The number of fused-ring (bicyclic) bond motifs is 1. The number of pyridine rings is 1. The second-order valence-corrected chi connectivity index (χ2v) is 7.09. The number of carbonyl (C=O) groups excluding carboxylic acids is 1. The van der Waals surface area contributed by atoms with Gasteiger partial charge in [0, 0.05) is 24.1 Å². The highest BCUT2D eigenvalue weighted by molar-refractivity contribution is 7.90. The molecule has 1 atom stereocenters. The van der Waals surface area contributed by atoms with Gasteiger partial charge in [-0.15, -0.1) is 0 Å². The van der Waals surface area contributed by atoms with Gasteiger partial charge >= 0.3 is 0 Å². The van der Waals surface area contributed by atoms with E-state index in [0.29, 0.717) is 25.0 Å². The molecule has 3 rings (SSSR count). The van der Waals surface area contributed by atoms with Crippen molar-refractivity contribution in [2.75, 3.05) is 19.0 Å². The van der Waals surface area contributed by atoms with Gasteiger partial charge in [-0.3, -0.25) is 9.78 Å². The molecule has 6 nitrogen and oxygen atoms in total. The van der Waals surface area contributed by atoms with Crippen LogP contribution in [-0.2, 0) is 14.8 Å². The monoisotopic (exact) mass is 320 g/mol. The van der Waals surface area contributed by atoms with Crippen LogP contribution in [0.2, 0.25) is 0 Å². The van der Waals surface area contributed by atoms with Gasteiger partial charge in [0.2, 0.25) is 10.0 Å². The van der Waals surface area contributed by atoms with Crippen LogP contribution in [0.25, 0.3) is 10.8 Å². The van der Waals surface area contributed by atoms with Gasteiger partial charge < -0.3 is 4.74 Å². The third-order valence-corrected chi connectivity index (χ3v) is 5.02. The van der Waals surface area contributed by atoms with Crippen LogP contribution in [0, 0.1) is 5.92 Å². The fourth-order valence-corrected chi connectivity index (χ4v) is 3.90. The van der Waals surface area contributed by atoms with Crippen molar-refractivity contribution in [3.63, 3.8) is 0 Å². The van der Waals surface area contributed by atoms with Crippen molar-refractivity contribution in [3.05, 3.63) is 42.2 Å². The van der Waals surface area contributed by atoms with Crippen molar-refractivity contribution in [1.82, 2.24) is 9.71 Å². The van der Waals surface area contributed by atoms with Gasteiger partial charge in [-0.2, -0.15) is 0 Å². The quantitative estimate of drug-likeness (QED) is 0.918. The molecular formula is C15H16N2O4S. The van der Waals surface area contributed by atoms with E-state index in [4.69, 9.17) is 4.74 Å². The maximum absolute atomic E-state index is 12.3. The molecule has 1 aliphatic rings. The van der Waals surface area contributed by atoms with E-state index in [2.05, 4.69) is 9.71 Å². The van der Waals surface area contributed by atoms with Crippen LogP contribution in [0.3, 0.4) is 0 Å². The van der Waals surface area contributed by atoms with Crippen LogP contribution in [0.15, 0.2) is 36.5 Å². The van der Waals surface area contributed by atoms with Crippen LogP contribution in [0.1, 0.15) is 16.9 Å². The molecule has 1 aliphatic heterocycles. The molecule has 0 saturated carbocycles. The largest absolute Gasteiger partial charge is 0.381 e. The lowest BCUT2D eigenvalue weighted by atomic mass is 10.1. The molecule has 7 heteroatoms. The molecule has 22 heavy (non-hydrogen) atoms. The Hall–Kier alpha value is -1.99. The zero-order chi connectivity index (χ0) is 15.6. The highest BCUT2D eigenvalue weighted by Gasteiger charge is 2.25. The topological polar surface area (TPSA) is 85.4 Å². The zero-order valence-electron chi connectivity index (χ0n) is 11.9. The van der Waals surface area contributed by atoms with Crippen LogP contribution in [-0.4, -0.2) is 38.3 Å². The van der Waals surface area contributed by atoms with Crippen molar-refractivity contribution < 1.29 is 17.9 Å². The number of nitrogens with zero attached hydrogens (tertiary/aromatic N) is 1. The molecule has 1 N–H and O–H groups in total. The van der Waals surface area contributed by atoms with Crippen LogP contribution in [0.5, 0.6) is 0 Å². The van der Waals surface area contributed by atoms with E-state index in [1.165, 1.54) is 6.20 Å². The van der Waals surface area contributed by atoms with E-state index in [1.54, 1.807) is 18.2 Å². The number of sulfonamides is 1. The van der Waals surface area contributed by atoms with Gasteiger partial charge in [0.05, 0.1) is 12.4 Å². The molecule has 1 aromatic heterocycles. The van der Waals surface area contributed by atoms with Gasteiger partial charge in [-0.25, -0.2) is 13.1 Å². The van der Waals surface area contributed by atoms with E-state index in [-0.39, 0.29) is 17.4 Å². The summed E-state index contributed by atoms with van der Waals surface area (Å²) in [5.74, 6) is -0.870. The smallest absolute Gasteiger partial charge is 0.283 e. The summed E-state index contributed by atoms with van der Waals surface area (Å²) in [7, 11) is -3.70. The summed E-state index contributed by atoms with van der Waals surface area (Å²) in [6.07, 6.45) is 2.19. The van der Waals surface area contributed by atoms with E-state index >= 15 is 0 Å². The lowest BCUT2D eigenvalue weighted by Crippen LogP contribution is -2.35. The number of hydrogen-bond donors (Lipinski definition) is 1. The first-order chi connectivity index (χ1) is 10.6. The average molecular weight is 320 g/mol. The molecule has 0 spiro atoms. The molecule has 116 valence electrons. The molecule has 0 bridgehead atoms. The number of benzene rings is 1. The molecule has 2 heterocycles. The minimum absolute atomic E-state index is 0.0641. The Kier molecular flexibility index (Phi) is 4.08. The second kappa shape index (κ2) is 6.02. The molecular weight excluding hydrogens is 304 g/mol.